The molecule has 1 aliphatic carbocycles. The van der Waals surface area contributed by atoms with Gasteiger partial charge < -0.3 is 35.2 Å². The van der Waals surface area contributed by atoms with Crippen LogP contribution in [-0.2, 0) is 31.9 Å². The van der Waals surface area contributed by atoms with Gasteiger partial charge in [0.05, 0.1) is 25.6 Å². The topological polar surface area (TPSA) is 189 Å². The molecule has 2 aromatic heterocycles. The smallest absolute Gasteiger partial charge is 0.348 e. The minimum absolute atomic E-state index is 0.0561. The number of carboxylic acids is 2. The van der Waals surface area contributed by atoms with E-state index in [1.54, 1.807) is 30.3 Å². The molecule has 0 unspecified atom stereocenters. The maximum absolute atomic E-state index is 12.2. The molecule has 0 fully saturated rings. The molecule has 0 radical (unpaired) electrons. The molecular weight excluding hydrogens is 606 g/mol. The minimum atomic E-state index is -2.69. The fourth-order valence-corrected chi connectivity index (χ4v) is 5.46. The van der Waals surface area contributed by atoms with Gasteiger partial charge in [0.2, 0.25) is 5.28 Å². The average Bonchev–Trinajstić information content (AvgIpc) is 3.64. The highest BCUT2D eigenvalue weighted by Gasteiger charge is 2.49. The van der Waals surface area contributed by atoms with Crippen molar-refractivity contribution in [2.24, 2.45) is 0 Å². The Labute approximate surface area is 262 Å². The number of aliphatic carboxylic acids is 2. The zero-order valence-corrected chi connectivity index (χ0v) is 24.5. The number of aromatic nitrogens is 4. The number of aliphatic hydroxyl groups is 2. The quantitative estimate of drug-likeness (QED) is 0.0775. The monoisotopic (exact) mass is 635 g/mol. The maximum Gasteiger partial charge on any atom is 0.348 e. The number of terminal acetylenes is 1. The molecule has 0 saturated carbocycles. The van der Waals surface area contributed by atoms with Crippen molar-refractivity contribution in [3.63, 3.8) is 0 Å². The highest BCUT2D eigenvalue weighted by Crippen LogP contribution is 2.35. The van der Waals surface area contributed by atoms with E-state index in [2.05, 4.69) is 32.3 Å². The molecule has 13 nitrogen and oxygen atoms in total. The van der Waals surface area contributed by atoms with Gasteiger partial charge in [-0.1, -0.05) is 60.5 Å². The van der Waals surface area contributed by atoms with Crippen LogP contribution in [-0.4, -0.2) is 82.9 Å². The van der Waals surface area contributed by atoms with Crippen molar-refractivity contribution in [1.82, 2.24) is 19.5 Å². The second kappa shape index (κ2) is 13.6. The fourth-order valence-electron chi connectivity index (χ4n) is 5.29. The van der Waals surface area contributed by atoms with Crippen LogP contribution in [0.1, 0.15) is 35.4 Å². The lowest BCUT2D eigenvalue weighted by atomic mass is 9.94. The van der Waals surface area contributed by atoms with Crippen LogP contribution in [0.25, 0.3) is 11.2 Å². The fraction of sp³-hybridized carbons (Fsp3) is 0.323. The van der Waals surface area contributed by atoms with Crippen molar-refractivity contribution >= 4 is 40.5 Å². The van der Waals surface area contributed by atoms with E-state index in [4.69, 9.17) is 27.5 Å². The second-order valence-electron chi connectivity index (χ2n) is 10.5. The van der Waals surface area contributed by atoms with Gasteiger partial charge in [-0.2, -0.15) is 9.97 Å². The van der Waals surface area contributed by atoms with Crippen molar-refractivity contribution in [3.8, 4) is 12.3 Å². The predicted octanol–water partition coefficient (Wildman–Crippen LogP) is 2.62. The lowest BCUT2D eigenvalue weighted by Gasteiger charge is -2.30. The molecule has 2 aromatic carbocycles. The third-order valence-electron chi connectivity index (χ3n) is 7.59. The summed E-state index contributed by atoms with van der Waals surface area (Å²) < 4.78 is 12.7. The molecule has 14 heteroatoms. The number of nitrogens with one attached hydrogen (secondary N) is 1. The van der Waals surface area contributed by atoms with E-state index >= 15 is 0 Å². The first-order valence-corrected chi connectivity index (χ1v) is 14.3. The van der Waals surface area contributed by atoms with Crippen molar-refractivity contribution in [2.75, 3.05) is 18.5 Å². The van der Waals surface area contributed by atoms with Gasteiger partial charge >= 0.3 is 11.9 Å². The van der Waals surface area contributed by atoms with Crippen LogP contribution in [0.2, 0.25) is 5.28 Å². The Kier molecular flexibility index (Phi) is 9.62. The van der Waals surface area contributed by atoms with Gasteiger partial charge in [0.15, 0.2) is 29.3 Å². The lowest BCUT2D eigenvalue weighted by molar-refractivity contribution is -0.195. The summed E-state index contributed by atoms with van der Waals surface area (Å²) in [4.78, 5) is 37.4. The van der Waals surface area contributed by atoms with Crippen LogP contribution in [0.4, 0.5) is 5.82 Å². The van der Waals surface area contributed by atoms with Crippen LogP contribution in [0.15, 0.2) is 60.9 Å². The Bertz CT molecular complexity index is 1710. The molecule has 0 saturated heterocycles. The zero-order valence-electron chi connectivity index (χ0n) is 23.8. The van der Waals surface area contributed by atoms with Gasteiger partial charge in [-0.15, -0.1) is 6.42 Å². The Hall–Kier alpha value is -4.58. The number of imidazole rings is 1. The molecule has 45 heavy (non-hydrogen) atoms. The minimum Gasteiger partial charge on any atom is -0.479 e. The highest BCUT2D eigenvalue weighted by molar-refractivity contribution is 6.28. The number of benzene rings is 2. The summed E-state index contributed by atoms with van der Waals surface area (Å²) in [7, 11) is 0. The van der Waals surface area contributed by atoms with E-state index in [-0.39, 0.29) is 17.0 Å². The van der Waals surface area contributed by atoms with E-state index in [1.165, 1.54) is 16.5 Å². The summed E-state index contributed by atoms with van der Waals surface area (Å²) in [5, 5.41) is 43.9. The number of aliphatic hydroxyl groups excluding tert-OH is 2. The number of aryl methyl sites for hydroxylation is 1. The average molecular weight is 636 g/mol. The van der Waals surface area contributed by atoms with Gasteiger partial charge in [0, 0.05) is 6.42 Å². The Morgan fingerprint density at radius 3 is 2.53 bits per heavy atom. The number of nitrogens with zero attached hydrogens (tertiary/aromatic N) is 4. The lowest BCUT2D eigenvalue weighted by Crippen LogP contribution is -2.52. The van der Waals surface area contributed by atoms with Crippen LogP contribution < -0.4 is 5.32 Å². The number of rotatable bonds is 14. The summed E-state index contributed by atoms with van der Waals surface area (Å²) in [6.45, 7) is -1.43. The molecule has 0 aliphatic heterocycles. The number of ether oxygens (including phenoxy) is 2. The second-order valence-corrected chi connectivity index (χ2v) is 10.8. The standard InChI is InChI=1S/C31H30ClN5O8/c1-2-23(39)27(45-20(15-38)16-44-31(28(40)41,29(42)43)14-18-8-4-3-5-9-18)37-17-33-24-25(35-30(32)36-26(24)37)34-22-13-12-19-10-6-7-11-21(19)22/h1,3-11,17,20,22-23,27,38-39H,12-16H2,(H,40,41)(H,42,43)(H,34,35,36)/t20-,22-,23+,27+/m0/s1. The van der Waals surface area contributed by atoms with Crippen LogP contribution in [0.5, 0.6) is 0 Å². The van der Waals surface area contributed by atoms with Crippen LogP contribution in [0, 0.1) is 12.3 Å². The molecule has 5 N–H and O–H groups in total. The summed E-state index contributed by atoms with van der Waals surface area (Å²) in [5.41, 5.74) is 0.503. The molecule has 5 rings (SSSR count). The van der Waals surface area contributed by atoms with Crippen molar-refractivity contribution in [3.05, 3.63) is 82.9 Å². The van der Waals surface area contributed by atoms with E-state index in [1.807, 2.05) is 18.2 Å². The Balaban J connectivity index is 1.41. The number of carboxylic acid groups (broad SMARTS) is 2. The zero-order chi connectivity index (χ0) is 32.1. The van der Waals surface area contributed by atoms with Gasteiger partial charge in [-0.25, -0.2) is 14.6 Å². The SMILES string of the molecule is C#C[C@@H](O)[C@@H](O[C@@H](CO)COC(Cc1ccccc1)(C(=O)O)C(=O)O)n1cnc2c(N[C@H]3CCc4ccccc43)nc(Cl)nc21. The molecule has 0 amide bonds. The molecular formula is C31H30ClN5O8. The van der Waals surface area contributed by atoms with Crippen LogP contribution in [0.3, 0.4) is 0 Å². The number of hydrogen-bond acceptors (Lipinski definition) is 10. The summed E-state index contributed by atoms with van der Waals surface area (Å²) in [5.74, 6) is -0.976. The van der Waals surface area contributed by atoms with E-state index in [0.717, 1.165) is 18.4 Å². The van der Waals surface area contributed by atoms with Gasteiger partial charge in [0.1, 0.15) is 6.10 Å². The summed E-state index contributed by atoms with van der Waals surface area (Å²) in [6, 6.07) is 16.1. The molecule has 1 aliphatic rings. The number of halogens is 1. The number of carbonyl (C=O) groups is 2. The largest absolute Gasteiger partial charge is 0.479 e. The van der Waals surface area contributed by atoms with E-state index < -0.39 is 55.6 Å². The number of hydrogen-bond donors (Lipinski definition) is 5. The molecule has 4 atom stereocenters. The summed E-state index contributed by atoms with van der Waals surface area (Å²) >= 11 is 6.30. The number of fused-ring (bicyclic) bond motifs is 2. The van der Waals surface area contributed by atoms with Crippen LogP contribution >= 0.6 is 11.6 Å². The van der Waals surface area contributed by atoms with E-state index in [9.17, 15) is 30.0 Å². The molecule has 234 valence electrons. The number of anilines is 1. The first-order valence-electron chi connectivity index (χ1n) is 14.0. The van der Waals surface area contributed by atoms with Gasteiger partial charge in [0.25, 0.3) is 5.60 Å². The Morgan fingerprint density at radius 2 is 1.84 bits per heavy atom. The third-order valence-corrected chi connectivity index (χ3v) is 7.76. The van der Waals surface area contributed by atoms with Gasteiger partial charge in [-0.3, -0.25) is 4.57 Å². The maximum atomic E-state index is 12.2. The highest BCUT2D eigenvalue weighted by atomic mass is 35.5. The van der Waals surface area contributed by atoms with E-state index in [0.29, 0.717) is 16.9 Å². The first-order chi connectivity index (χ1) is 21.7. The third kappa shape index (κ3) is 6.60. The van der Waals surface area contributed by atoms with Crippen molar-refractivity contribution in [1.29, 1.82) is 0 Å². The molecule has 2 heterocycles. The van der Waals surface area contributed by atoms with Crippen molar-refractivity contribution in [2.45, 2.75) is 49.3 Å². The van der Waals surface area contributed by atoms with Crippen molar-refractivity contribution < 1.29 is 39.5 Å². The first kappa shape index (κ1) is 31.8. The summed E-state index contributed by atoms with van der Waals surface area (Å²) in [6.07, 6.45) is 3.65. The molecule has 4 aromatic rings. The molecule has 0 spiro atoms. The molecule has 0 bridgehead atoms. The predicted molar refractivity (Wildman–Crippen MR) is 161 cm³/mol. The normalized spacial score (nSPS) is 16.4. The Morgan fingerprint density at radius 1 is 1.13 bits per heavy atom. The van der Waals surface area contributed by atoms with Gasteiger partial charge in [-0.05, 0) is 41.1 Å².